The number of ether oxygens (including phenoxy) is 1. The first-order chi connectivity index (χ1) is 6.63. The number of carbonyl (C=O) groups is 1. The minimum atomic E-state index is -0.317. The van der Waals surface area contributed by atoms with E-state index < -0.39 is 0 Å². The summed E-state index contributed by atoms with van der Waals surface area (Å²) in [6.07, 6.45) is 0. The molecule has 4 nitrogen and oxygen atoms in total. The maximum atomic E-state index is 10.8. The van der Waals surface area contributed by atoms with Crippen molar-refractivity contribution in [2.24, 2.45) is 0 Å². The van der Waals surface area contributed by atoms with E-state index in [4.69, 9.17) is 5.73 Å². The van der Waals surface area contributed by atoms with Gasteiger partial charge in [0.05, 0.1) is 18.5 Å². The maximum absolute atomic E-state index is 10.8. The molecule has 0 aromatic heterocycles. The van der Waals surface area contributed by atoms with Crippen LogP contribution in [0.4, 0.5) is 11.4 Å². The molecular formula is C9H11IN2O2. The molecule has 0 radical (unpaired) electrons. The number of methoxy groups -OCH3 is 1. The van der Waals surface area contributed by atoms with Gasteiger partial charge < -0.3 is 15.8 Å². The van der Waals surface area contributed by atoms with E-state index in [2.05, 4.69) is 32.6 Å². The lowest BCUT2D eigenvalue weighted by atomic mass is 10.3. The number of nitrogens with two attached hydrogens (primary N) is 1. The fourth-order valence-corrected chi connectivity index (χ4v) is 1.45. The lowest BCUT2D eigenvalue weighted by Gasteiger charge is -2.07. The van der Waals surface area contributed by atoms with E-state index in [1.807, 2.05) is 18.2 Å². The van der Waals surface area contributed by atoms with Gasteiger partial charge in [0.25, 0.3) is 0 Å². The second-order valence-electron chi connectivity index (χ2n) is 2.66. The third-order valence-corrected chi connectivity index (χ3v) is 2.34. The molecule has 0 atom stereocenters. The highest BCUT2D eigenvalue weighted by atomic mass is 127. The average Bonchev–Trinajstić information content (AvgIpc) is 2.16. The standard InChI is InChI=1S/C9H11IN2O2/c1-14-9(13)5-12-8-3-2-6(10)4-7(8)11/h2-4,12H,5,11H2,1H3. The molecule has 1 aromatic rings. The van der Waals surface area contributed by atoms with Crippen molar-refractivity contribution < 1.29 is 9.53 Å². The molecule has 1 rings (SSSR count). The van der Waals surface area contributed by atoms with Crippen molar-refractivity contribution in [3.8, 4) is 0 Å². The van der Waals surface area contributed by atoms with Crippen LogP contribution in [0.3, 0.4) is 0 Å². The van der Waals surface area contributed by atoms with Gasteiger partial charge in [-0.05, 0) is 40.8 Å². The fourth-order valence-electron chi connectivity index (χ4n) is 0.934. The van der Waals surface area contributed by atoms with Gasteiger partial charge in [-0.2, -0.15) is 0 Å². The van der Waals surface area contributed by atoms with Gasteiger partial charge in [-0.15, -0.1) is 0 Å². The number of nitrogens with one attached hydrogen (secondary N) is 1. The normalized spacial score (nSPS) is 9.57. The van der Waals surface area contributed by atoms with Crippen molar-refractivity contribution in [3.63, 3.8) is 0 Å². The Balaban J connectivity index is 2.63. The Morgan fingerprint density at radius 1 is 1.64 bits per heavy atom. The molecule has 5 heteroatoms. The molecule has 0 fully saturated rings. The van der Waals surface area contributed by atoms with Crippen LogP contribution in [0.25, 0.3) is 0 Å². The third kappa shape index (κ3) is 3.06. The van der Waals surface area contributed by atoms with Crippen LogP contribution >= 0.6 is 22.6 Å². The Morgan fingerprint density at radius 3 is 2.93 bits per heavy atom. The number of esters is 1. The summed E-state index contributed by atoms with van der Waals surface area (Å²) in [4.78, 5) is 10.8. The first-order valence-corrected chi connectivity index (χ1v) is 5.07. The molecule has 0 heterocycles. The van der Waals surface area contributed by atoms with Gasteiger partial charge in [-0.1, -0.05) is 0 Å². The molecule has 0 aliphatic carbocycles. The Kier molecular flexibility index (Phi) is 3.99. The molecular weight excluding hydrogens is 295 g/mol. The Morgan fingerprint density at radius 2 is 2.36 bits per heavy atom. The van der Waals surface area contributed by atoms with Gasteiger partial charge >= 0.3 is 5.97 Å². The zero-order valence-electron chi connectivity index (χ0n) is 7.71. The highest BCUT2D eigenvalue weighted by Gasteiger charge is 2.02. The van der Waals surface area contributed by atoms with Crippen molar-refractivity contribution in [2.75, 3.05) is 24.7 Å². The molecule has 76 valence electrons. The average molecular weight is 306 g/mol. The number of hydrogen-bond acceptors (Lipinski definition) is 4. The first-order valence-electron chi connectivity index (χ1n) is 3.99. The summed E-state index contributed by atoms with van der Waals surface area (Å²) in [7, 11) is 1.35. The molecule has 0 saturated carbocycles. The Bertz CT molecular complexity index is 342. The van der Waals surface area contributed by atoms with Gasteiger partial charge in [0.2, 0.25) is 0 Å². The van der Waals surface area contributed by atoms with Crippen LogP contribution in [0, 0.1) is 3.57 Å². The van der Waals surface area contributed by atoms with Gasteiger partial charge in [0.15, 0.2) is 0 Å². The number of nitrogen functional groups attached to an aromatic ring is 1. The molecule has 0 spiro atoms. The summed E-state index contributed by atoms with van der Waals surface area (Å²) in [5, 5.41) is 2.89. The van der Waals surface area contributed by atoms with Crippen LogP contribution < -0.4 is 11.1 Å². The minimum absolute atomic E-state index is 0.126. The van der Waals surface area contributed by atoms with Crippen LogP contribution in [0.15, 0.2) is 18.2 Å². The van der Waals surface area contributed by atoms with Crippen molar-refractivity contribution in [3.05, 3.63) is 21.8 Å². The summed E-state index contributed by atoms with van der Waals surface area (Å²) < 4.78 is 5.55. The number of halogens is 1. The van der Waals surface area contributed by atoms with Gasteiger partial charge in [0, 0.05) is 3.57 Å². The lowest BCUT2D eigenvalue weighted by molar-refractivity contribution is -0.138. The van der Waals surface area contributed by atoms with Gasteiger partial charge in [-0.25, -0.2) is 0 Å². The lowest BCUT2D eigenvalue weighted by Crippen LogP contribution is -2.15. The topological polar surface area (TPSA) is 64.3 Å². The first kappa shape index (κ1) is 11.1. The molecule has 0 amide bonds. The quantitative estimate of drug-likeness (QED) is 0.504. The smallest absolute Gasteiger partial charge is 0.325 e. The molecule has 0 unspecified atom stereocenters. The van der Waals surface area contributed by atoms with E-state index in [0.717, 1.165) is 9.26 Å². The molecule has 0 bridgehead atoms. The number of carbonyl (C=O) groups excluding carboxylic acids is 1. The van der Waals surface area contributed by atoms with Crippen LogP contribution in [-0.4, -0.2) is 19.6 Å². The van der Waals surface area contributed by atoms with Crippen LogP contribution in [-0.2, 0) is 9.53 Å². The summed E-state index contributed by atoms with van der Waals surface area (Å²) in [6, 6.07) is 5.58. The predicted molar refractivity (Wildman–Crippen MR) is 64.1 cm³/mol. The monoisotopic (exact) mass is 306 g/mol. The molecule has 14 heavy (non-hydrogen) atoms. The van der Waals surface area contributed by atoms with E-state index in [-0.39, 0.29) is 12.5 Å². The molecule has 0 saturated heterocycles. The second kappa shape index (κ2) is 5.04. The van der Waals surface area contributed by atoms with Crippen molar-refractivity contribution in [2.45, 2.75) is 0 Å². The highest BCUT2D eigenvalue weighted by Crippen LogP contribution is 2.20. The predicted octanol–water partition coefficient (Wildman–Crippen LogP) is 1.46. The largest absolute Gasteiger partial charge is 0.468 e. The maximum Gasteiger partial charge on any atom is 0.325 e. The van der Waals surface area contributed by atoms with Crippen molar-refractivity contribution in [1.82, 2.24) is 0 Å². The summed E-state index contributed by atoms with van der Waals surface area (Å²) >= 11 is 2.17. The Labute approximate surface area is 96.0 Å². The fraction of sp³-hybridized carbons (Fsp3) is 0.222. The van der Waals surface area contributed by atoms with Crippen LogP contribution in [0.5, 0.6) is 0 Å². The molecule has 1 aromatic carbocycles. The molecule has 0 aliphatic heterocycles. The van der Waals surface area contributed by atoms with Crippen LogP contribution in [0.2, 0.25) is 0 Å². The number of hydrogen-bond donors (Lipinski definition) is 2. The minimum Gasteiger partial charge on any atom is -0.468 e. The third-order valence-electron chi connectivity index (χ3n) is 1.66. The van der Waals surface area contributed by atoms with Crippen LogP contribution in [0.1, 0.15) is 0 Å². The summed E-state index contributed by atoms with van der Waals surface area (Å²) in [5.74, 6) is -0.317. The molecule has 3 N–H and O–H groups in total. The van der Waals surface area contributed by atoms with E-state index in [1.165, 1.54) is 7.11 Å². The van der Waals surface area contributed by atoms with Gasteiger partial charge in [0.1, 0.15) is 6.54 Å². The number of rotatable bonds is 3. The summed E-state index contributed by atoms with van der Waals surface area (Å²) in [6.45, 7) is 0.126. The highest BCUT2D eigenvalue weighted by molar-refractivity contribution is 14.1. The van der Waals surface area contributed by atoms with Gasteiger partial charge in [-0.3, -0.25) is 4.79 Å². The zero-order chi connectivity index (χ0) is 10.6. The van der Waals surface area contributed by atoms with E-state index in [9.17, 15) is 4.79 Å². The van der Waals surface area contributed by atoms with E-state index in [0.29, 0.717) is 5.69 Å². The molecule has 0 aliphatic rings. The second-order valence-corrected chi connectivity index (χ2v) is 3.91. The van der Waals surface area contributed by atoms with Crippen molar-refractivity contribution in [1.29, 1.82) is 0 Å². The van der Waals surface area contributed by atoms with E-state index >= 15 is 0 Å². The number of anilines is 2. The Hall–Kier alpha value is -0.980. The summed E-state index contributed by atoms with van der Waals surface area (Å²) in [5.41, 5.74) is 7.10. The zero-order valence-corrected chi connectivity index (χ0v) is 9.87. The number of benzene rings is 1. The van der Waals surface area contributed by atoms with Crippen molar-refractivity contribution >= 4 is 39.9 Å². The van der Waals surface area contributed by atoms with E-state index in [1.54, 1.807) is 0 Å². The SMILES string of the molecule is COC(=O)CNc1ccc(I)cc1N.